The van der Waals surface area contributed by atoms with Gasteiger partial charge in [-0.05, 0) is 19.2 Å². The van der Waals surface area contributed by atoms with Crippen LogP contribution in [0.15, 0.2) is 48.9 Å². The van der Waals surface area contributed by atoms with Gasteiger partial charge in [0.15, 0.2) is 12.4 Å². The number of fused-ring (bicyclic) bond motifs is 1. The number of piperazine rings is 1. The van der Waals surface area contributed by atoms with E-state index >= 15 is 4.39 Å². The van der Waals surface area contributed by atoms with Gasteiger partial charge < -0.3 is 34.7 Å². The zero-order valence-electron chi connectivity index (χ0n) is 24.1. The number of H-pyrrole nitrogens is 1. The van der Waals surface area contributed by atoms with E-state index in [4.69, 9.17) is 9.47 Å². The number of anilines is 3. The molecule has 1 fully saturated rings. The van der Waals surface area contributed by atoms with E-state index in [1.165, 1.54) is 13.3 Å². The third-order valence-electron chi connectivity index (χ3n) is 7.14. The molecule has 0 aliphatic carbocycles. The normalized spacial score (nSPS) is 14.8. The fraction of sp³-hybridized carbons (Fsp3) is 0.345. The number of nitrogens with one attached hydrogen (secondary N) is 3. The number of halogens is 1. The van der Waals surface area contributed by atoms with Crippen molar-refractivity contribution in [1.82, 2.24) is 29.7 Å². The Morgan fingerprint density at radius 1 is 1.09 bits per heavy atom. The Labute approximate surface area is 247 Å². The Morgan fingerprint density at radius 3 is 2.63 bits per heavy atom. The first-order valence-electron chi connectivity index (χ1n) is 13.6. The maximum atomic E-state index is 15.0. The van der Waals surface area contributed by atoms with Crippen LogP contribution in [0.2, 0.25) is 0 Å². The minimum atomic E-state index is -0.610. The molecule has 4 heterocycles. The summed E-state index contributed by atoms with van der Waals surface area (Å²) in [4.78, 5) is 44.8. The van der Waals surface area contributed by atoms with Crippen LogP contribution in [0.5, 0.6) is 5.88 Å². The van der Waals surface area contributed by atoms with Crippen LogP contribution in [-0.2, 0) is 19.1 Å². The number of rotatable bonds is 11. The molecule has 13 nitrogen and oxygen atoms in total. The van der Waals surface area contributed by atoms with Crippen molar-refractivity contribution in [3.05, 3.63) is 54.7 Å². The van der Waals surface area contributed by atoms with Crippen LogP contribution < -0.4 is 15.4 Å². The molecule has 0 saturated carbocycles. The molecule has 43 heavy (non-hydrogen) atoms. The van der Waals surface area contributed by atoms with Crippen LogP contribution in [0.4, 0.5) is 21.7 Å². The summed E-state index contributed by atoms with van der Waals surface area (Å²) >= 11 is 0. The maximum Gasteiger partial charge on any atom is 0.343 e. The molecule has 1 atom stereocenters. The smallest absolute Gasteiger partial charge is 0.343 e. The van der Waals surface area contributed by atoms with Crippen LogP contribution in [0.25, 0.3) is 22.2 Å². The number of ether oxygens (including phenoxy) is 3. The molecule has 1 aliphatic rings. The lowest BCUT2D eigenvalue weighted by atomic mass is 10.1. The number of aromatic nitrogens is 4. The number of amides is 1. The SMILES string of the molecule is COCC(C(=O)Nc1cccc2c(-c3nc(Nc4ccc(OCC(=O)OC)nc4)ncc3F)c[nH]c12)N1CCN(C)CC1. The van der Waals surface area contributed by atoms with Crippen LogP contribution in [-0.4, -0.2) is 108 Å². The van der Waals surface area contributed by atoms with Gasteiger partial charge in [0, 0.05) is 56.5 Å². The topological polar surface area (TPSA) is 147 Å². The fourth-order valence-corrected chi connectivity index (χ4v) is 4.79. The van der Waals surface area contributed by atoms with E-state index in [-0.39, 0.29) is 36.6 Å². The van der Waals surface area contributed by atoms with E-state index in [1.807, 2.05) is 6.07 Å². The molecule has 0 spiro atoms. The Hall–Kier alpha value is -4.66. The van der Waals surface area contributed by atoms with E-state index in [9.17, 15) is 9.59 Å². The fourth-order valence-electron chi connectivity index (χ4n) is 4.79. The van der Waals surface area contributed by atoms with Crippen LogP contribution in [0.3, 0.4) is 0 Å². The molecule has 4 aromatic rings. The Morgan fingerprint density at radius 2 is 1.91 bits per heavy atom. The number of benzene rings is 1. The molecule has 0 bridgehead atoms. The number of esters is 1. The number of likely N-dealkylation sites (N-methyl/N-ethyl adjacent to an activating group) is 1. The van der Waals surface area contributed by atoms with Crippen molar-refractivity contribution in [2.75, 3.05) is 71.3 Å². The number of aromatic amines is 1. The van der Waals surface area contributed by atoms with E-state index in [2.05, 4.69) is 52.2 Å². The van der Waals surface area contributed by atoms with Gasteiger partial charge in [-0.1, -0.05) is 12.1 Å². The number of carbonyl (C=O) groups excluding carboxylic acids is 2. The molecule has 1 amide bonds. The van der Waals surface area contributed by atoms with Crippen molar-refractivity contribution < 1.29 is 28.2 Å². The monoisotopic (exact) mass is 592 g/mol. The van der Waals surface area contributed by atoms with E-state index in [0.29, 0.717) is 27.8 Å². The third-order valence-corrected chi connectivity index (χ3v) is 7.14. The summed E-state index contributed by atoms with van der Waals surface area (Å²) in [6, 6.07) is 8.19. The average molecular weight is 593 g/mol. The number of nitrogens with zero attached hydrogens (tertiary/aromatic N) is 5. The molecule has 3 aromatic heterocycles. The van der Waals surface area contributed by atoms with Gasteiger partial charge in [-0.15, -0.1) is 0 Å². The van der Waals surface area contributed by atoms with Crippen LogP contribution in [0, 0.1) is 5.82 Å². The number of methoxy groups -OCH3 is 2. The lowest BCUT2D eigenvalue weighted by molar-refractivity contribution is -0.143. The molecule has 226 valence electrons. The van der Waals surface area contributed by atoms with Crippen molar-refractivity contribution in [1.29, 1.82) is 0 Å². The number of para-hydroxylation sites is 1. The second-order valence-corrected chi connectivity index (χ2v) is 10.00. The minimum Gasteiger partial charge on any atom is -0.466 e. The molecule has 3 N–H and O–H groups in total. The standard InChI is InChI=1S/C29H33FN8O5/c1-37-9-11-38(12-10-37)23(16-41-2)28(40)35-22-6-4-5-19-20(14-32-27(19)22)26-21(30)15-33-29(36-26)34-18-7-8-24(31-13-18)43-17-25(39)42-3/h4-8,13-15,23,32H,9-12,16-17H2,1-3H3,(H,35,40)(H,33,34,36). The second-order valence-electron chi connectivity index (χ2n) is 10.00. The molecule has 0 radical (unpaired) electrons. The highest BCUT2D eigenvalue weighted by Crippen LogP contribution is 2.33. The van der Waals surface area contributed by atoms with Crippen molar-refractivity contribution in [2.45, 2.75) is 6.04 Å². The van der Waals surface area contributed by atoms with Gasteiger partial charge >= 0.3 is 5.97 Å². The summed E-state index contributed by atoms with van der Waals surface area (Å²) in [6.07, 6.45) is 4.21. The van der Waals surface area contributed by atoms with Crippen molar-refractivity contribution in [2.24, 2.45) is 0 Å². The average Bonchev–Trinajstić information content (AvgIpc) is 3.46. The van der Waals surface area contributed by atoms with Crippen molar-refractivity contribution >= 4 is 40.1 Å². The van der Waals surface area contributed by atoms with E-state index < -0.39 is 17.8 Å². The summed E-state index contributed by atoms with van der Waals surface area (Å²) in [6.45, 7) is 3.28. The van der Waals surface area contributed by atoms with Crippen LogP contribution in [0.1, 0.15) is 0 Å². The molecule has 5 rings (SSSR count). The summed E-state index contributed by atoms with van der Waals surface area (Å²) in [5.41, 5.74) is 2.31. The Balaban J connectivity index is 1.34. The van der Waals surface area contributed by atoms with Gasteiger partial charge in [0.05, 0.1) is 43.0 Å². The third kappa shape index (κ3) is 7.05. The molecule has 14 heteroatoms. The number of carbonyl (C=O) groups is 2. The summed E-state index contributed by atoms with van der Waals surface area (Å²) in [7, 11) is 4.92. The van der Waals surface area contributed by atoms with Gasteiger partial charge in [0.25, 0.3) is 0 Å². The zero-order valence-corrected chi connectivity index (χ0v) is 24.1. The van der Waals surface area contributed by atoms with Crippen molar-refractivity contribution in [3.8, 4) is 17.1 Å². The molecule has 1 aromatic carbocycles. The predicted molar refractivity (Wildman–Crippen MR) is 158 cm³/mol. The van der Waals surface area contributed by atoms with Gasteiger partial charge in [-0.3, -0.25) is 9.69 Å². The Bertz CT molecular complexity index is 1570. The lowest BCUT2D eigenvalue weighted by Crippen LogP contribution is -2.54. The molecular formula is C29H33FN8O5. The maximum absolute atomic E-state index is 15.0. The molecule has 1 unspecified atom stereocenters. The van der Waals surface area contributed by atoms with Gasteiger partial charge in [-0.25, -0.2) is 24.1 Å². The molecule has 1 saturated heterocycles. The second kappa shape index (κ2) is 13.5. The highest BCUT2D eigenvalue weighted by Gasteiger charge is 2.29. The van der Waals surface area contributed by atoms with Gasteiger partial charge in [0.1, 0.15) is 11.7 Å². The summed E-state index contributed by atoms with van der Waals surface area (Å²) < 4.78 is 30.2. The predicted octanol–water partition coefficient (Wildman–Crippen LogP) is 2.66. The first-order valence-corrected chi connectivity index (χ1v) is 13.6. The summed E-state index contributed by atoms with van der Waals surface area (Å²) in [5, 5.41) is 6.71. The number of hydrogen-bond acceptors (Lipinski definition) is 11. The van der Waals surface area contributed by atoms with E-state index in [0.717, 1.165) is 32.4 Å². The molecule has 1 aliphatic heterocycles. The zero-order chi connectivity index (χ0) is 30.3. The highest BCUT2D eigenvalue weighted by molar-refractivity contribution is 6.06. The van der Waals surface area contributed by atoms with Gasteiger partial charge in [-0.2, -0.15) is 0 Å². The first-order chi connectivity index (χ1) is 20.9. The van der Waals surface area contributed by atoms with Crippen LogP contribution >= 0.6 is 0 Å². The minimum absolute atomic E-state index is 0.0768. The lowest BCUT2D eigenvalue weighted by Gasteiger charge is -2.36. The van der Waals surface area contributed by atoms with Gasteiger partial charge in [0.2, 0.25) is 17.7 Å². The van der Waals surface area contributed by atoms with Crippen molar-refractivity contribution in [3.63, 3.8) is 0 Å². The highest BCUT2D eigenvalue weighted by atomic mass is 19.1. The van der Waals surface area contributed by atoms with E-state index in [1.54, 1.807) is 37.6 Å². The quantitative estimate of drug-likeness (QED) is 0.221. The number of pyridine rings is 1. The summed E-state index contributed by atoms with van der Waals surface area (Å²) in [5.74, 6) is -0.930. The largest absolute Gasteiger partial charge is 0.466 e. The molecular weight excluding hydrogens is 559 g/mol. The first kappa shape index (κ1) is 29.8. The number of hydrogen-bond donors (Lipinski definition) is 3. The Kier molecular flexibility index (Phi) is 9.39.